The third kappa shape index (κ3) is 8.17. The van der Waals surface area contributed by atoms with Gasteiger partial charge < -0.3 is 15.0 Å². The summed E-state index contributed by atoms with van der Waals surface area (Å²) in [5.74, 6) is -0.0175. The Bertz CT molecular complexity index is 1800. The Balaban J connectivity index is 1.22. The molecular weight excluding hydrogens is 592 g/mol. The van der Waals surface area contributed by atoms with Crippen molar-refractivity contribution in [3.05, 3.63) is 101 Å². The summed E-state index contributed by atoms with van der Waals surface area (Å²) in [7, 11) is -4.15. The highest BCUT2D eigenvalue weighted by Gasteiger charge is 2.25. The summed E-state index contributed by atoms with van der Waals surface area (Å²) < 4.78 is 38.5. The smallest absolute Gasteiger partial charge is 0.266 e. The van der Waals surface area contributed by atoms with Crippen molar-refractivity contribution in [3.63, 3.8) is 0 Å². The van der Waals surface area contributed by atoms with Gasteiger partial charge in [0.1, 0.15) is 5.75 Å². The van der Waals surface area contributed by atoms with Gasteiger partial charge in [0.05, 0.1) is 25.1 Å². The summed E-state index contributed by atoms with van der Waals surface area (Å²) in [4.78, 5) is 27.7. The van der Waals surface area contributed by atoms with E-state index in [4.69, 9.17) is 9.29 Å². The Hall–Kier alpha value is -4.48. The highest BCUT2D eigenvalue weighted by Crippen LogP contribution is 2.36. The first kappa shape index (κ1) is 31.9. The van der Waals surface area contributed by atoms with Crippen LogP contribution in [0.5, 0.6) is 5.75 Å². The van der Waals surface area contributed by atoms with Crippen LogP contribution in [0.15, 0.2) is 73.1 Å². The van der Waals surface area contributed by atoms with E-state index in [0.29, 0.717) is 38.1 Å². The minimum absolute atomic E-state index is 0.0928. The number of aryl methyl sites for hydroxylation is 1. The lowest BCUT2D eigenvalue weighted by Crippen LogP contribution is -2.35. The molecule has 0 aliphatic carbocycles. The number of hydrogen-bond acceptors (Lipinski definition) is 6. The fraction of sp³-hybridized carbons (Fsp3) is 0.324. The lowest BCUT2D eigenvalue weighted by molar-refractivity contribution is -0.118. The Kier molecular flexibility index (Phi) is 9.99. The fourth-order valence-corrected chi connectivity index (χ4v) is 5.92. The number of anilines is 1. The minimum Gasteiger partial charge on any atom is -0.493 e. The van der Waals surface area contributed by atoms with Crippen LogP contribution >= 0.6 is 0 Å². The zero-order chi connectivity index (χ0) is 32.0. The van der Waals surface area contributed by atoms with E-state index in [-0.39, 0.29) is 12.5 Å². The molecule has 11 heteroatoms. The van der Waals surface area contributed by atoms with Crippen LogP contribution in [0.2, 0.25) is 0 Å². The summed E-state index contributed by atoms with van der Waals surface area (Å²) in [5.41, 5.74) is 7.60. The van der Waals surface area contributed by atoms with Crippen LogP contribution in [-0.2, 0) is 27.9 Å². The molecule has 1 aliphatic rings. The molecule has 3 aromatic carbocycles. The van der Waals surface area contributed by atoms with Crippen molar-refractivity contribution in [3.8, 4) is 16.9 Å². The molecule has 45 heavy (non-hydrogen) atoms. The van der Waals surface area contributed by atoms with Crippen LogP contribution < -0.4 is 15.0 Å². The van der Waals surface area contributed by atoms with Gasteiger partial charge in [-0.05, 0) is 85.2 Å². The number of benzene rings is 3. The molecule has 10 nitrogen and oxygen atoms in total. The van der Waals surface area contributed by atoms with Gasteiger partial charge in [-0.25, -0.2) is 0 Å². The van der Waals surface area contributed by atoms with E-state index in [1.807, 2.05) is 54.5 Å². The van der Waals surface area contributed by atoms with Crippen molar-refractivity contribution in [2.75, 3.05) is 30.3 Å². The molecule has 2 N–H and O–H groups in total. The molecule has 0 saturated heterocycles. The molecular formula is C34H38N4O6S. The van der Waals surface area contributed by atoms with E-state index >= 15 is 0 Å². The number of ether oxygens (including phenoxy) is 1. The second-order valence-corrected chi connectivity index (χ2v) is 12.8. The Labute approximate surface area is 263 Å². The predicted octanol–water partition coefficient (Wildman–Crippen LogP) is 4.97. The molecule has 2 heterocycles. The minimum atomic E-state index is -4.15. The lowest BCUT2D eigenvalue weighted by atomic mass is 9.93. The van der Waals surface area contributed by atoms with E-state index in [2.05, 4.69) is 29.5 Å². The monoisotopic (exact) mass is 630 g/mol. The van der Waals surface area contributed by atoms with Crippen molar-refractivity contribution < 1.29 is 27.3 Å². The second kappa shape index (κ2) is 14.1. The van der Waals surface area contributed by atoms with Crippen molar-refractivity contribution >= 4 is 27.6 Å². The molecule has 236 valence electrons. The standard InChI is InChI=1S/C34H38N4O6S/c1-24-8-3-14-32(25(24)2)44-18-7-15-33(39)38-17-6-12-30-29(11-5-13-31(30)38)28-21-36-37(23-28)22-26-9-4-10-27(20-26)34(40)35-16-19-45(41,42)43/h3-5,8-11,13-14,20-21,23H,6-7,12,15-19,22H2,1-2H3,(H,35,40)(H,41,42,43). The molecule has 0 spiro atoms. The number of rotatable bonds is 12. The largest absolute Gasteiger partial charge is 0.493 e. The predicted molar refractivity (Wildman–Crippen MR) is 173 cm³/mol. The lowest BCUT2D eigenvalue weighted by Gasteiger charge is -2.31. The average molecular weight is 631 g/mol. The molecule has 0 radical (unpaired) electrons. The summed E-state index contributed by atoms with van der Waals surface area (Å²) in [6.45, 7) is 5.52. The molecule has 4 aromatic rings. The maximum Gasteiger partial charge on any atom is 0.266 e. The molecule has 0 atom stereocenters. The van der Waals surface area contributed by atoms with Crippen LogP contribution in [0.3, 0.4) is 0 Å². The van der Waals surface area contributed by atoms with Crippen LogP contribution in [0.4, 0.5) is 5.69 Å². The number of nitrogens with one attached hydrogen (secondary N) is 1. The molecule has 2 amide bonds. The number of carbonyl (C=O) groups excluding carboxylic acids is 2. The fourth-order valence-electron chi connectivity index (χ4n) is 5.56. The maximum absolute atomic E-state index is 13.3. The first-order valence-electron chi connectivity index (χ1n) is 15.1. The Morgan fingerprint density at radius 1 is 1.07 bits per heavy atom. The van der Waals surface area contributed by atoms with Crippen LogP contribution in [0.25, 0.3) is 11.1 Å². The summed E-state index contributed by atoms with van der Waals surface area (Å²) in [5, 5.41) is 7.06. The van der Waals surface area contributed by atoms with Crippen LogP contribution in [0, 0.1) is 13.8 Å². The zero-order valence-electron chi connectivity index (χ0n) is 25.5. The molecule has 0 fully saturated rings. The van der Waals surface area contributed by atoms with Gasteiger partial charge in [-0.1, -0.05) is 36.4 Å². The highest BCUT2D eigenvalue weighted by atomic mass is 32.2. The van der Waals surface area contributed by atoms with Crippen molar-refractivity contribution in [2.24, 2.45) is 0 Å². The van der Waals surface area contributed by atoms with E-state index in [9.17, 15) is 18.0 Å². The summed E-state index contributed by atoms with van der Waals surface area (Å²) >= 11 is 0. The molecule has 1 aromatic heterocycles. The third-order valence-corrected chi connectivity index (χ3v) is 8.74. The number of hydrogen-bond donors (Lipinski definition) is 2. The first-order valence-corrected chi connectivity index (χ1v) is 16.7. The van der Waals surface area contributed by atoms with Crippen molar-refractivity contribution in [1.29, 1.82) is 0 Å². The molecule has 1 aliphatic heterocycles. The van der Waals surface area contributed by atoms with Gasteiger partial charge in [0.25, 0.3) is 16.0 Å². The number of carbonyl (C=O) groups is 2. The average Bonchev–Trinajstić information content (AvgIpc) is 3.48. The number of aromatic nitrogens is 2. The van der Waals surface area contributed by atoms with E-state index in [1.165, 1.54) is 5.56 Å². The van der Waals surface area contributed by atoms with Gasteiger partial charge in [0.2, 0.25) is 5.91 Å². The van der Waals surface area contributed by atoms with E-state index in [1.54, 1.807) is 22.9 Å². The van der Waals surface area contributed by atoms with Crippen LogP contribution in [-0.4, -0.2) is 60.0 Å². The van der Waals surface area contributed by atoms with Crippen molar-refractivity contribution in [1.82, 2.24) is 15.1 Å². The summed E-state index contributed by atoms with van der Waals surface area (Å²) in [6, 6.07) is 19.1. The Morgan fingerprint density at radius 3 is 2.69 bits per heavy atom. The maximum atomic E-state index is 13.3. The Morgan fingerprint density at radius 2 is 1.87 bits per heavy atom. The number of amides is 2. The topological polar surface area (TPSA) is 131 Å². The quantitative estimate of drug-likeness (QED) is 0.167. The van der Waals surface area contributed by atoms with E-state index in [0.717, 1.165) is 52.1 Å². The van der Waals surface area contributed by atoms with Crippen LogP contribution in [0.1, 0.15) is 51.9 Å². The van der Waals surface area contributed by atoms with Gasteiger partial charge in [-0.15, -0.1) is 0 Å². The molecule has 0 unspecified atom stereocenters. The second-order valence-electron chi connectivity index (χ2n) is 11.3. The normalized spacial score (nSPS) is 12.9. The number of nitrogens with zero attached hydrogens (tertiary/aromatic N) is 3. The first-order chi connectivity index (χ1) is 21.6. The van der Waals surface area contributed by atoms with Gasteiger partial charge >= 0.3 is 0 Å². The van der Waals surface area contributed by atoms with Gasteiger partial charge in [-0.2, -0.15) is 13.5 Å². The summed E-state index contributed by atoms with van der Waals surface area (Å²) in [6.07, 6.45) is 6.56. The molecule has 5 rings (SSSR count). The van der Waals surface area contributed by atoms with Gasteiger partial charge in [-0.3, -0.25) is 18.8 Å². The number of fused-ring (bicyclic) bond motifs is 1. The third-order valence-electron chi connectivity index (χ3n) is 8.02. The molecule has 0 saturated carbocycles. The van der Waals surface area contributed by atoms with Gasteiger partial charge in [0.15, 0.2) is 0 Å². The SMILES string of the molecule is Cc1cccc(OCCCC(=O)N2CCCc3c(-c4cnn(Cc5cccc(C(=O)NCCS(=O)(=O)O)c5)c4)cccc32)c1C. The van der Waals surface area contributed by atoms with E-state index < -0.39 is 21.8 Å². The van der Waals surface area contributed by atoms with Crippen molar-refractivity contribution in [2.45, 2.75) is 46.1 Å². The zero-order valence-corrected chi connectivity index (χ0v) is 26.3. The van der Waals surface area contributed by atoms with Gasteiger partial charge in [0, 0.05) is 42.5 Å². The molecule has 0 bridgehead atoms. The highest BCUT2D eigenvalue weighted by molar-refractivity contribution is 7.85.